The molecule has 0 radical (unpaired) electrons. The van der Waals surface area contributed by atoms with Crippen LogP contribution in [0.2, 0.25) is 0 Å². The van der Waals surface area contributed by atoms with Crippen molar-refractivity contribution < 1.29 is 14.3 Å². The molecule has 1 saturated carbocycles. The Bertz CT molecular complexity index is 1110. The summed E-state index contributed by atoms with van der Waals surface area (Å²) in [6.07, 6.45) is 4.77. The van der Waals surface area contributed by atoms with Crippen LogP contribution in [0, 0.1) is 31.1 Å². The van der Waals surface area contributed by atoms with Gasteiger partial charge in [-0.05, 0) is 68.7 Å². The number of benzene rings is 1. The third-order valence-corrected chi connectivity index (χ3v) is 6.78. The van der Waals surface area contributed by atoms with Crippen LogP contribution in [0.25, 0.3) is 11.8 Å². The number of piperazine rings is 1. The van der Waals surface area contributed by atoms with Crippen molar-refractivity contribution in [2.24, 2.45) is 5.92 Å². The van der Waals surface area contributed by atoms with Crippen molar-refractivity contribution in [1.82, 2.24) is 14.4 Å². The van der Waals surface area contributed by atoms with Crippen LogP contribution in [-0.2, 0) is 9.59 Å². The molecule has 1 aliphatic heterocycles. The fraction of sp³-hybridized carbons (Fsp3) is 0.423. The molecule has 2 amide bonds. The average Bonchev–Trinajstić information content (AvgIpc) is 3.08. The Morgan fingerprint density at radius 2 is 1.70 bits per heavy atom. The third kappa shape index (κ3) is 4.51. The smallest absolute Gasteiger partial charge is 0.264 e. The second-order valence-corrected chi connectivity index (χ2v) is 8.78. The zero-order chi connectivity index (χ0) is 23.5. The molecule has 2 aliphatic rings. The fourth-order valence-corrected chi connectivity index (χ4v) is 4.57. The molecule has 2 aromatic rings. The molecule has 2 fully saturated rings. The SMILES string of the molecule is COc1ccc(-n2c(C)cc(/C=C(\C#N)C(=O)N3CCN(C(=O)C4CCC4)CC3)c2C)cc1. The molecule has 7 heteroatoms. The summed E-state index contributed by atoms with van der Waals surface area (Å²) in [6.45, 7) is 5.97. The van der Waals surface area contributed by atoms with Crippen LogP contribution in [-0.4, -0.2) is 59.5 Å². The number of nitrogens with zero attached hydrogens (tertiary/aromatic N) is 4. The van der Waals surface area contributed by atoms with Gasteiger partial charge >= 0.3 is 0 Å². The summed E-state index contributed by atoms with van der Waals surface area (Å²) >= 11 is 0. The summed E-state index contributed by atoms with van der Waals surface area (Å²) in [5, 5.41) is 9.73. The maximum atomic E-state index is 13.1. The summed E-state index contributed by atoms with van der Waals surface area (Å²) in [4.78, 5) is 29.1. The van der Waals surface area contributed by atoms with Crippen LogP contribution in [0.3, 0.4) is 0 Å². The highest BCUT2D eigenvalue weighted by molar-refractivity contribution is 6.02. The largest absolute Gasteiger partial charge is 0.497 e. The quantitative estimate of drug-likeness (QED) is 0.520. The first-order chi connectivity index (χ1) is 15.9. The number of hydrogen-bond acceptors (Lipinski definition) is 4. The highest BCUT2D eigenvalue weighted by Crippen LogP contribution is 2.29. The predicted molar refractivity (Wildman–Crippen MR) is 126 cm³/mol. The minimum atomic E-state index is -0.275. The molecule has 1 aliphatic carbocycles. The molecule has 1 saturated heterocycles. The number of carbonyl (C=O) groups excluding carboxylic acids is 2. The van der Waals surface area contributed by atoms with Gasteiger partial charge in [-0.3, -0.25) is 9.59 Å². The van der Waals surface area contributed by atoms with Crippen LogP contribution in [0.15, 0.2) is 35.9 Å². The van der Waals surface area contributed by atoms with Crippen LogP contribution in [0.1, 0.15) is 36.2 Å². The lowest BCUT2D eigenvalue weighted by Gasteiger charge is -2.38. The second kappa shape index (κ2) is 9.53. The molecule has 33 heavy (non-hydrogen) atoms. The minimum Gasteiger partial charge on any atom is -0.497 e. The van der Waals surface area contributed by atoms with Crippen molar-refractivity contribution in [3.05, 3.63) is 52.9 Å². The number of nitriles is 1. The normalized spacial score (nSPS) is 16.8. The van der Waals surface area contributed by atoms with Gasteiger partial charge < -0.3 is 19.1 Å². The summed E-state index contributed by atoms with van der Waals surface area (Å²) < 4.78 is 7.34. The lowest BCUT2D eigenvalue weighted by molar-refractivity contribution is -0.142. The molecular weight excluding hydrogens is 416 g/mol. The Hall–Kier alpha value is -3.53. The van der Waals surface area contributed by atoms with Crippen molar-refractivity contribution >= 4 is 17.9 Å². The molecule has 2 heterocycles. The van der Waals surface area contributed by atoms with Crippen LogP contribution < -0.4 is 4.74 Å². The highest BCUT2D eigenvalue weighted by atomic mass is 16.5. The molecule has 0 N–H and O–H groups in total. The van der Waals surface area contributed by atoms with Crippen molar-refractivity contribution in [2.45, 2.75) is 33.1 Å². The Morgan fingerprint density at radius 1 is 1.06 bits per heavy atom. The molecule has 0 atom stereocenters. The molecule has 172 valence electrons. The van der Waals surface area contributed by atoms with Gasteiger partial charge in [0, 0.05) is 49.2 Å². The Morgan fingerprint density at radius 3 is 2.24 bits per heavy atom. The summed E-state index contributed by atoms with van der Waals surface area (Å²) in [5.74, 6) is 0.897. The van der Waals surface area contributed by atoms with Crippen LogP contribution >= 0.6 is 0 Å². The van der Waals surface area contributed by atoms with E-state index in [-0.39, 0.29) is 23.3 Å². The standard InChI is InChI=1S/C26H30N4O3/c1-18-15-21(19(2)30(18)23-7-9-24(33-3)10-8-23)16-22(17-27)26(32)29-13-11-28(12-14-29)25(31)20-5-4-6-20/h7-10,15-16,20H,4-6,11-14H2,1-3H3/b22-16+. The number of rotatable bonds is 5. The Kier molecular flexibility index (Phi) is 6.55. The van der Waals surface area contributed by atoms with E-state index in [0.717, 1.165) is 47.7 Å². The average molecular weight is 447 g/mol. The second-order valence-electron chi connectivity index (χ2n) is 8.78. The molecule has 4 rings (SSSR count). The van der Waals surface area contributed by atoms with Gasteiger partial charge in [-0.15, -0.1) is 0 Å². The van der Waals surface area contributed by atoms with E-state index in [0.29, 0.717) is 26.2 Å². The first-order valence-electron chi connectivity index (χ1n) is 11.5. The van der Waals surface area contributed by atoms with Crippen molar-refractivity contribution in [1.29, 1.82) is 5.26 Å². The first kappa shape index (κ1) is 22.7. The van der Waals surface area contributed by atoms with Gasteiger partial charge in [0.25, 0.3) is 5.91 Å². The molecule has 0 bridgehead atoms. The van der Waals surface area contributed by atoms with Gasteiger partial charge in [0.15, 0.2) is 0 Å². The maximum absolute atomic E-state index is 13.1. The summed E-state index contributed by atoms with van der Waals surface area (Å²) in [5.41, 5.74) is 3.91. The van der Waals surface area contributed by atoms with Crippen molar-refractivity contribution in [2.75, 3.05) is 33.3 Å². The zero-order valence-electron chi connectivity index (χ0n) is 19.5. The number of aromatic nitrogens is 1. The van der Waals surface area contributed by atoms with E-state index in [1.807, 2.05) is 49.1 Å². The van der Waals surface area contributed by atoms with E-state index < -0.39 is 0 Å². The molecule has 1 aromatic heterocycles. The first-order valence-corrected chi connectivity index (χ1v) is 11.5. The van der Waals surface area contributed by atoms with Gasteiger partial charge in [-0.2, -0.15) is 5.26 Å². The van der Waals surface area contributed by atoms with Crippen molar-refractivity contribution in [3.63, 3.8) is 0 Å². The van der Waals surface area contributed by atoms with Gasteiger partial charge in [0.05, 0.1) is 7.11 Å². The van der Waals surface area contributed by atoms with E-state index in [1.165, 1.54) is 0 Å². The number of aryl methyl sites for hydroxylation is 1. The number of hydrogen-bond donors (Lipinski definition) is 0. The van der Waals surface area contributed by atoms with Gasteiger partial charge in [0.1, 0.15) is 17.4 Å². The molecule has 7 nitrogen and oxygen atoms in total. The van der Waals surface area contributed by atoms with Crippen molar-refractivity contribution in [3.8, 4) is 17.5 Å². The third-order valence-electron chi connectivity index (χ3n) is 6.78. The topological polar surface area (TPSA) is 78.6 Å². The number of methoxy groups -OCH3 is 1. The maximum Gasteiger partial charge on any atom is 0.264 e. The molecule has 0 unspecified atom stereocenters. The number of carbonyl (C=O) groups is 2. The zero-order valence-corrected chi connectivity index (χ0v) is 19.5. The number of amides is 2. The van der Waals surface area contributed by atoms with Gasteiger partial charge in [0.2, 0.25) is 5.91 Å². The summed E-state index contributed by atoms with van der Waals surface area (Å²) in [7, 11) is 1.64. The molecule has 1 aromatic carbocycles. The minimum absolute atomic E-state index is 0.115. The Labute approximate surface area is 194 Å². The molecular formula is C26H30N4O3. The van der Waals surface area contributed by atoms with Gasteiger partial charge in [-0.1, -0.05) is 6.42 Å². The number of ether oxygens (including phenoxy) is 1. The van der Waals surface area contributed by atoms with E-state index >= 15 is 0 Å². The van der Waals surface area contributed by atoms with E-state index in [2.05, 4.69) is 10.6 Å². The molecule has 0 spiro atoms. The van der Waals surface area contributed by atoms with E-state index in [1.54, 1.807) is 18.1 Å². The Balaban J connectivity index is 1.49. The fourth-order valence-electron chi connectivity index (χ4n) is 4.57. The van der Waals surface area contributed by atoms with Crippen LogP contribution in [0.4, 0.5) is 0 Å². The van der Waals surface area contributed by atoms with E-state index in [4.69, 9.17) is 4.74 Å². The lowest BCUT2D eigenvalue weighted by atomic mass is 9.84. The predicted octanol–water partition coefficient (Wildman–Crippen LogP) is 3.48. The monoisotopic (exact) mass is 446 g/mol. The van der Waals surface area contributed by atoms with Gasteiger partial charge in [-0.25, -0.2) is 0 Å². The highest BCUT2D eigenvalue weighted by Gasteiger charge is 2.32. The van der Waals surface area contributed by atoms with Crippen LogP contribution in [0.5, 0.6) is 5.75 Å². The lowest BCUT2D eigenvalue weighted by Crippen LogP contribution is -2.52. The summed E-state index contributed by atoms with van der Waals surface area (Å²) in [6, 6.07) is 11.8. The van der Waals surface area contributed by atoms with E-state index in [9.17, 15) is 14.9 Å².